The summed E-state index contributed by atoms with van der Waals surface area (Å²) < 4.78 is 0. The van der Waals surface area contributed by atoms with Crippen LogP contribution < -0.4 is 5.32 Å². The maximum Gasteiger partial charge on any atom is 0.339 e. The van der Waals surface area contributed by atoms with Crippen molar-refractivity contribution in [2.45, 2.75) is 39.5 Å². The maximum absolute atomic E-state index is 11.3. The van der Waals surface area contributed by atoms with Gasteiger partial charge in [0.1, 0.15) is 11.4 Å². The van der Waals surface area contributed by atoms with Gasteiger partial charge in [0.2, 0.25) is 0 Å². The summed E-state index contributed by atoms with van der Waals surface area (Å²) in [5.41, 5.74) is 1.05. The van der Waals surface area contributed by atoms with Gasteiger partial charge in [0.25, 0.3) is 0 Å². The largest absolute Gasteiger partial charge is 0.478 e. The second-order valence-corrected chi connectivity index (χ2v) is 5.68. The second kappa shape index (κ2) is 6.04. The third-order valence-electron chi connectivity index (χ3n) is 3.98. The molecule has 0 aromatic carbocycles. The topological polar surface area (TPSA) is 62.2 Å². The lowest BCUT2D eigenvalue weighted by Gasteiger charge is -2.27. The average molecular weight is 262 g/mol. The number of hydrogen-bond acceptors (Lipinski definition) is 3. The number of nitrogens with zero attached hydrogens (tertiary/aromatic N) is 1. The van der Waals surface area contributed by atoms with Crippen LogP contribution >= 0.6 is 0 Å². The van der Waals surface area contributed by atoms with Gasteiger partial charge in [0.15, 0.2) is 0 Å². The molecule has 104 valence electrons. The highest BCUT2D eigenvalue weighted by atomic mass is 16.4. The van der Waals surface area contributed by atoms with E-state index < -0.39 is 5.97 Å². The molecule has 0 radical (unpaired) electrons. The normalized spacial score (nSPS) is 23.1. The molecule has 2 N–H and O–H groups in total. The lowest BCUT2D eigenvalue weighted by Crippen LogP contribution is -2.22. The molecule has 0 spiro atoms. The fourth-order valence-electron chi connectivity index (χ4n) is 2.95. The van der Waals surface area contributed by atoms with E-state index in [1.54, 1.807) is 19.2 Å². The second-order valence-electron chi connectivity index (χ2n) is 5.68. The standard InChI is InChI=1S/C15H22N2O2/c1-10-4-3-5-12(8-10)9-17-14-13(15(18)19)11(2)6-7-16-14/h6-7,10,12H,3-5,8-9H2,1-2H3,(H,16,17)(H,18,19). The average Bonchev–Trinajstić information content (AvgIpc) is 2.36. The van der Waals surface area contributed by atoms with Gasteiger partial charge in [-0.3, -0.25) is 0 Å². The van der Waals surface area contributed by atoms with Gasteiger partial charge in [0.05, 0.1) is 0 Å². The van der Waals surface area contributed by atoms with Crippen molar-refractivity contribution >= 4 is 11.8 Å². The van der Waals surface area contributed by atoms with E-state index >= 15 is 0 Å². The number of carboxylic acids is 1. The molecule has 1 aromatic heterocycles. The Balaban J connectivity index is 2.03. The maximum atomic E-state index is 11.3. The molecule has 0 amide bonds. The number of nitrogens with one attached hydrogen (secondary N) is 1. The van der Waals surface area contributed by atoms with Crippen LogP contribution in [0.3, 0.4) is 0 Å². The molecule has 2 rings (SSSR count). The van der Waals surface area contributed by atoms with Crippen molar-refractivity contribution < 1.29 is 9.90 Å². The van der Waals surface area contributed by atoms with Gasteiger partial charge in [0, 0.05) is 12.7 Å². The third kappa shape index (κ3) is 3.46. The fraction of sp³-hybridized carbons (Fsp3) is 0.600. The summed E-state index contributed by atoms with van der Waals surface area (Å²) in [6, 6.07) is 1.73. The number of pyridine rings is 1. The molecule has 19 heavy (non-hydrogen) atoms. The highest BCUT2D eigenvalue weighted by Crippen LogP contribution is 2.29. The number of carboxylic acid groups (broad SMARTS) is 1. The number of carbonyl (C=O) groups is 1. The van der Waals surface area contributed by atoms with Gasteiger partial charge in [-0.25, -0.2) is 9.78 Å². The Labute approximate surface area is 114 Å². The van der Waals surface area contributed by atoms with Gasteiger partial charge < -0.3 is 10.4 Å². The highest BCUT2D eigenvalue weighted by Gasteiger charge is 2.20. The smallest absolute Gasteiger partial charge is 0.339 e. The zero-order valence-corrected chi connectivity index (χ0v) is 11.6. The first kappa shape index (κ1) is 13.8. The van der Waals surface area contributed by atoms with E-state index in [4.69, 9.17) is 0 Å². The first-order valence-electron chi connectivity index (χ1n) is 7.00. The summed E-state index contributed by atoms with van der Waals surface area (Å²) in [4.78, 5) is 15.4. The molecule has 1 fully saturated rings. The zero-order chi connectivity index (χ0) is 13.8. The van der Waals surface area contributed by atoms with E-state index in [1.807, 2.05) is 0 Å². The number of rotatable bonds is 4. The van der Waals surface area contributed by atoms with Crippen molar-refractivity contribution in [3.8, 4) is 0 Å². The van der Waals surface area contributed by atoms with Crippen molar-refractivity contribution in [1.29, 1.82) is 0 Å². The van der Waals surface area contributed by atoms with Crippen LogP contribution in [0.25, 0.3) is 0 Å². The van der Waals surface area contributed by atoms with Crippen LogP contribution in [0.5, 0.6) is 0 Å². The number of hydrogen-bond donors (Lipinski definition) is 2. The summed E-state index contributed by atoms with van der Waals surface area (Å²) in [6.45, 7) is 4.92. The first-order valence-corrected chi connectivity index (χ1v) is 7.00. The summed E-state index contributed by atoms with van der Waals surface area (Å²) in [7, 11) is 0. The minimum atomic E-state index is -0.912. The van der Waals surface area contributed by atoms with Crippen molar-refractivity contribution in [1.82, 2.24) is 4.98 Å². The van der Waals surface area contributed by atoms with Gasteiger partial charge in [-0.05, 0) is 43.2 Å². The molecule has 1 saturated carbocycles. The molecule has 4 nitrogen and oxygen atoms in total. The van der Waals surface area contributed by atoms with E-state index in [1.165, 1.54) is 25.7 Å². The van der Waals surface area contributed by atoms with E-state index in [9.17, 15) is 9.90 Å². The molecule has 0 aliphatic heterocycles. The Morgan fingerprint density at radius 3 is 3.00 bits per heavy atom. The summed E-state index contributed by atoms with van der Waals surface area (Å²) >= 11 is 0. The summed E-state index contributed by atoms with van der Waals surface area (Å²) in [6.07, 6.45) is 6.71. The van der Waals surface area contributed by atoms with Crippen LogP contribution in [-0.4, -0.2) is 22.6 Å². The Morgan fingerprint density at radius 1 is 1.53 bits per heavy atom. The predicted molar refractivity (Wildman–Crippen MR) is 75.5 cm³/mol. The quantitative estimate of drug-likeness (QED) is 0.873. The monoisotopic (exact) mass is 262 g/mol. The lowest BCUT2D eigenvalue weighted by molar-refractivity contribution is 0.0696. The minimum absolute atomic E-state index is 0.298. The van der Waals surface area contributed by atoms with Gasteiger partial charge in [-0.2, -0.15) is 0 Å². The number of aryl methyl sites for hydroxylation is 1. The van der Waals surface area contributed by atoms with E-state index in [-0.39, 0.29) is 0 Å². The van der Waals surface area contributed by atoms with E-state index in [2.05, 4.69) is 17.2 Å². The zero-order valence-electron chi connectivity index (χ0n) is 11.6. The van der Waals surface area contributed by atoms with Crippen LogP contribution in [0.15, 0.2) is 12.3 Å². The Morgan fingerprint density at radius 2 is 2.32 bits per heavy atom. The lowest BCUT2D eigenvalue weighted by atomic mass is 9.82. The molecule has 1 aliphatic carbocycles. The predicted octanol–water partition coefficient (Wildman–Crippen LogP) is 3.33. The molecule has 0 bridgehead atoms. The van der Waals surface area contributed by atoms with Crippen molar-refractivity contribution in [2.24, 2.45) is 11.8 Å². The van der Waals surface area contributed by atoms with E-state index in [0.29, 0.717) is 17.3 Å². The Kier molecular flexibility index (Phi) is 4.40. The van der Waals surface area contributed by atoms with Gasteiger partial charge >= 0.3 is 5.97 Å². The summed E-state index contributed by atoms with van der Waals surface area (Å²) in [5.74, 6) is 1.01. The van der Waals surface area contributed by atoms with Crippen LogP contribution in [0.1, 0.15) is 48.5 Å². The minimum Gasteiger partial charge on any atom is -0.478 e. The number of anilines is 1. The number of aromatic nitrogens is 1. The molecular weight excluding hydrogens is 240 g/mol. The molecule has 1 heterocycles. The van der Waals surface area contributed by atoms with Crippen molar-refractivity contribution in [2.75, 3.05) is 11.9 Å². The van der Waals surface area contributed by atoms with Crippen molar-refractivity contribution in [3.05, 3.63) is 23.4 Å². The van der Waals surface area contributed by atoms with Crippen LogP contribution in [0, 0.1) is 18.8 Å². The summed E-state index contributed by atoms with van der Waals surface area (Å²) in [5, 5.41) is 12.5. The molecule has 1 aromatic rings. The van der Waals surface area contributed by atoms with E-state index in [0.717, 1.165) is 18.0 Å². The molecule has 2 unspecified atom stereocenters. The van der Waals surface area contributed by atoms with Crippen LogP contribution in [0.2, 0.25) is 0 Å². The van der Waals surface area contributed by atoms with Gasteiger partial charge in [-0.1, -0.05) is 19.8 Å². The fourth-order valence-corrected chi connectivity index (χ4v) is 2.95. The third-order valence-corrected chi connectivity index (χ3v) is 3.98. The first-order chi connectivity index (χ1) is 9.08. The molecular formula is C15H22N2O2. The molecule has 4 heteroatoms. The molecule has 1 aliphatic rings. The van der Waals surface area contributed by atoms with Crippen LogP contribution in [0.4, 0.5) is 5.82 Å². The number of aromatic carboxylic acids is 1. The Bertz CT molecular complexity index is 459. The van der Waals surface area contributed by atoms with Gasteiger partial charge in [-0.15, -0.1) is 0 Å². The highest BCUT2D eigenvalue weighted by molar-refractivity contribution is 5.94. The molecule has 0 saturated heterocycles. The van der Waals surface area contributed by atoms with Crippen molar-refractivity contribution in [3.63, 3.8) is 0 Å². The SMILES string of the molecule is Cc1ccnc(NCC2CCCC(C)C2)c1C(=O)O. The Hall–Kier alpha value is -1.58. The molecule has 2 atom stereocenters. The van der Waals surface area contributed by atoms with Crippen LogP contribution in [-0.2, 0) is 0 Å².